The molecule has 1 aromatic carbocycles. The van der Waals surface area contributed by atoms with Crippen molar-refractivity contribution in [3.8, 4) is 5.75 Å². The lowest BCUT2D eigenvalue weighted by Crippen LogP contribution is -2.18. The number of benzene rings is 1. The van der Waals surface area contributed by atoms with Gasteiger partial charge in [0, 0.05) is 16.4 Å². The Balaban J connectivity index is 2.20. The predicted molar refractivity (Wildman–Crippen MR) is 77.7 cm³/mol. The van der Waals surface area contributed by atoms with Gasteiger partial charge in [0.15, 0.2) is 0 Å². The Kier molecular flexibility index (Phi) is 4.27. The summed E-state index contributed by atoms with van der Waals surface area (Å²) in [4.78, 5) is 1.19. The lowest BCUT2D eigenvalue weighted by molar-refractivity contribution is 0.217. The second-order valence-electron chi connectivity index (χ2n) is 4.22. The molecule has 1 atom stereocenters. The maximum absolute atomic E-state index is 6.00. The Bertz CT molecular complexity index is 538. The third-order valence-corrected chi connectivity index (χ3v) is 4.35. The number of rotatable bonds is 4. The minimum atomic E-state index is -0.0921. The summed E-state index contributed by atoms with van der Waals surface area (Å²) < 4.78 is 5.95. The first-order valence-electron chi connectivity index (χ1n) is 5.78. The molecular weight excluding hydrogens is 266 g/mol. The van der Waals surface area contributed by atoms with E-state index < -0.39 is 0 Å². The lowest BCUT2D eigenvalue weighted by Gasteiger charge is -2.17. The van der Waals surface area contributed by atoms with E-state index in [4.69, 9.17) is 22.1 Å². The van der Waals surface area contributed by atoms with Gasteiger partial charge in [0.05, 0.1) is 0 Å². The first-order chi connectivity index (χ1) is 8.61. The minimum absolute atomic E-state index is 0.0921. The molecule has 2 nitrogen and oxygen atoms in total. The Morgan fingerprint density at radius 2 is 2.06 bits per heavy atom. The van der Waals surface area contributed by atoms with Crippen molar-refractivity contribution in [1.82, 2.24) is 0 Å². The van der Waals surface area contributed by atoms with E-state index in [1.807, 2.05) is 25.1 Å². The molecule has 0 aliphatic carbocycles. The molecule has 0 saturated carbocycles. The Hall–Kier alpha value is -1.03. The Morgan fingerprint density at radius 3 is 2.61 bits per heavy atom. The first-order valence-corrected chi connectivity index (χ1v) is 7.04. The van der Waals surface area contributed by atoms with Crippen molar-refractivity contribution in [1.29, 1.82) is 0 Å². The standard InChI is InChI=1S/C14H16ClNOS/c1-9-5-6-18-14(9)13(8-16)17-11-3-4-12(15)10(2)7-11/h3-7,13H,8,16H2,1-2H3. The van der Waals surface area contributed by atoms with Gasteiger partial charge in [-0.05, 0) is 54.6 Å². The fourth-order valence-electron chi connectivity index (χ4n) is 1.78. The van der Waals surface area contributed by atoms with E-state index in [1.54, 1.807) is 11.3 Å². The van der Waals surface area contributed by atoms with Crippen molar-refractivity contribution in [2.75, 3.05) is 6.54 Å². The molecule has 0 spiro atoms. The summed E-state index contributed by atoms with van der Waals surface area (Å²) in [5.74, 6) is 0.806. The van der Waals surface area contributed by atoms with Crippen molar-refractivity contribution in [2.24, 2.45) is 5.73 Å². The number of nitrogens with two attached hydrogens (primary N) is 1. The molecule has 1 aromatic heterocycles. The van der Waals surface area contributed by atoms with E-state index in [0.717, 1.165) is 16.3 Å². The van der Waals surface area contributed by atoms with Gasteiger partial charge >= 0.3 is 0 Å². The Morgan fingerprint density at radius 1 is 1.28 bits per heavy atom. The minimum Gasteiger partial charge on any atom is -0.484 e. The SMILES string of the molecule is Cc1cc(OC(CN)c2sccc2C)ccc1Cl. The van der Waals surface area contributed by atoms with Crippen LogP contribution in [0.1, 0.15) is 22.1 Å². The number of aryl methyl sites for hydroxylation is 2. The summed E-state index contributed by atoms with van der Waals surface area (Å²) in [5.41, 5.74) is 8.03. The van der Waals surface area contributed by atoms with E-state index in [9.17, 15) is 0 Å². The summed E-state index contributed by atoms with van der Waals surface area (Å²) in [6.45, 7) is 4.50. The zero-order chi connectivity index (χ0) is 13.1. The van der Waals surface area contributed by atoms with Gasteiger partial charge < -0.3 is 10.5 Å². The molecule has 0 aliphatic heterocycles. The fraction of sp³-hybridized carbons (Fsp3) is 0.286. The highest BCUT2D eigenvalue weighted by Crippen LogP contribution is 2.29. The number of thiophene rings is 1. The van der Waals surface area contributed by atoms with E-state index >= 15 is 0 Å². The zero-order valence-electron chi connectivity index (χ0n) is 10.4. The summed E-state index contributed by atoms with van der Waals surface area (Å²) in [6.07, 6.45) is -0.0921. The molecule has 0 saturated heterocycles. The average Bonchev–Trinajstić information content (AvgIpc) is 2.77. The van der Waals surface area contributed by atoms with Crippen LogP contribution in [0.15, 0.2) is 29.6 Å². The maximum atomic E-state index is 6.00. The Labute approximate surface area is 116 Å². The number of hydrogen-bond donors (Lipinski definition) is 1. The van der Waals surface area contributed by atoms with E-state index in [1.165, 1.54) is 10.4 Å². The van der Waals surface area contributed by atoms with Crippen LogP contribution in [0.25, 0.3) is 0 Å². The molecule has 1 unspecified atom stereocenters. The van der Waals surface area contributed by atoms with Crippen LogP contribution in [-0.2, 0) is 0 Å². The van der Waals surface area contributed by atoms with Gasteiger partial charge in [-0.15, -0.1) is 11.3 Å². The van der Waals surface area contributed by atoms with Gasteiger partial charge in [0.2, 0.25) is 0 Å². The highest BCUT2D eigenvalue weighted by Gasteiger charge is 2.15. The van der Waals surface area contributed by atoms with E-state index in [0.29, 0.717) is 6.54 Å². The fourth-order valence-corrected chi connectivity index (χ4v) is 2.86. The molecule has 0 aliphatic rings. The second-order valence-corrected chi connectivity index (χ2v) is 5.58. The molecule has 0 bridgehead atoms. The number of ether oxygens (including phenoxy) is 1. The highest BCUT2D eigenvalue weighted by molar-refractivity contribution is 7.10. The highest BCUT2D eigenvalue weighted by atomic mass is 35.5. The van der Waals surface area contributed by atoms with Crippen LogP contribution in [0, 0.1) is 13.8 Å². The van der Waals surface area contributed by atoms with Gasteiger partial charge in [0.25, 0.3) is 0 Å². The maximum Gasteiger partial charge on any atom is 0.145 e. The third-order valence-electron chi connectivity index (χ3n) is 2.82. The van der Waals surface area contributed by atoms with E-state index in [2.05, 4.69) is 18.4 Å². The first kappa shape index (κ1) is 13.4. The van der Waals surface area contributed by atoms with Crippen LogP contribution in [-0.4, -0.2) is 6.54 Å². The van der Waals surface area contributed by atoms with Crippen molar-refractivity contribution in [3.63, 3.8) is 0 Å². The smallest absolute Gasteiger partial charge is 0.145 e. The van der Waals surface area contributed by atoms with Gasteiger partial charge in [-0.25, -0.2) is 0 Å². The number of hydrogen-bond acceptors (Lipinski definition) is 3. The van der Waals surface area contributed by atoms with E-state index in [-0.39, 0.29) is 6.10 Å². The largest absolute Gasteiger partial charge is 0.484 e. The third kappa shape index (κ3) is 2.86. The summed E-state index contributed by atoms with van der Waals surface area (Å²) >= 11 is 7.68. The zero-order valence-corrected chi connectivity index (χ0v) is 12.0. The van der Waals surface area contributed by atoms with Gasteiger partial charge in [-0.3, -0.25) is 0 Å². The van der Waals surface area contributed by atoms with Crippen LogP contribution in [0.5, 0.6) is 5.75 Å². The monoisotopic (exact) mass is 281 g/mol. The van der Waals surface area contributed by atoms with Gasteiger partial charge in [0.1, 0.15) is 11.9 Å². The van der Waals surface area contributed by atoms with Gasteiger partial charge in [-0.1, -0.05) is 11.6 Å². The molecule has 2 N–H and O–H groups in total. The molecule has 0 radical (unpaired) electrons. The molecule has 96 valence electrons. The molecule has 2 aromatic rings. The lowest BCUT2D eigenvalue weighted by atomic mass is 10.2. The van der Waals surface area contributed by atoms with Gasteiger partial charge in [-0.2, -0.15) is 0 Å². The number of halogens is 1. The van der Waals surface area contributed by atoms with Crippen LogP contribution >= 0.6 is 22.9 Å². The predicted octanol–water partition coefficient (Wildman–Crippen LogP) is 4.10. The molecule has 2 rings (SSSR count). The van der Waals surface area contributed by atoms with Crippen molar-refractivity contribution < 1.29 is 4.74 Å². The topological polar surface area (TPSA) is 35.2 Å². The molecule has 1 heterocycles. The summed E-state index contributed by atoms with van der Waals surface area (Å²) in [6, 6.07) is 7.75. The molecule has 18 heavy (non-hydrogen) atoms. The van der Waals surface area contributed by atoms with Crippen LogP contribution in [0.2, 0.25) is 5.02 Å². The normalized spacial score (nSPS) is 12.4. The molecule has 0 amide bonds. The van der Waals surface area contributed by atoms with Crippen molar-refractivity contribution >= 4 is 22.9 Å². The average molecular weight is 282 g/mol. The molecule has 4 heteroatoms. The molecular formula is C14H16ClNOS. The quantitative estimate of drug-likeness (QED) is 0.916. The summed E-state index contributed by atoms with van der Waals surface area (Å²) in [5, 5.41) is 2.81. The molecule has 0 fully saturated rings. The van der Waals surface area contributed by atoms with Crippen molar-refractivity contribution in [3.05, 3.63) is 50.7 Å². The second kappa shape index (κ2) is 5.74. The van der Waals surface area contributed by atoms with Crippen LogP contribution < -0.4 is 10.5 Å². The summed E-state index contributed by atoms with van der Waals surface area (Å²) in [7, 11) is 0. The van der Waals surface area contributed by atoms with Crippen LogP contribution in [0.4, 0.5) is 0 Å². The van der Waals surface area contributed by atoms with Crippen molar-refractivity contribution in [2.45, 2.75) is 20.0 Å². The van der Waals surface area contributed by atoms with Crippen LogP contribution in [0.3, 0.4) is 0 Å².